The summed E-state index contributed by atoms with van der Waals surface area (Å²) in [7, 11) is 4.63. The molecule has 7 heteroatoms. The van der Waals surface area contributed by atoms with Gasteiger partial charge < -0.3 is 19.5 Å². The second-order valence-corrected chi connectivity index (χ2v) is 5.45. The van der Waals surface area contributed by atoms with Crippen molar-refractivity contribution >= 4 is 28.6 Å². The highest BCUT2D eigenvalue weighted by Gasteiger charge is 2.12. The van der Waals surface area contributed by atoms with Crippen molar-refractivity contribution in [3.63, 3.8) is 0 Å². The number of hydrogen-bond donors (Lipinski definition) is 2. The van der Waals surface area contributed by atoms with Gasteiger partial charge in [-0.25, -0.2) is 0 Å². The molecule has 26 heavy (non-hydrogen) atoms. The molecule has 7 nitrogen and oxygen atoms in total. The minimum atomic E-state index is -0.252. The van der Waals surface area contributed by atoms with Crippen molar-refractivity contribution in [2.24, 2.45) is 0 Å². The fraction of sp³-hybridized carbons (Fsp3) is 0.158. The first kappa shape index (κ1) is 17.3. The van der Waals surface area contributed by atoms with E-state index in [9.17, 15) is 4.79 Å². The number of hydrogen-bond acceptors (Lipinski definition) is 5. The summed E-state index contributed by atoms with van der Waals surface area (Å²) in [4.78, 5) is 12.2. The molecule has 0 fully saturated rings. The molecule has 0 saturated carbocycles. The Morgan fingerprint density at radius 1 is 1.08 bits per heavy atom. The molecule has 0 atom stereocenters. The van der Waals surface area contributed by atoms with Crippen LogP contribution in [0, 0.1) is 0 Å². The Morgan fingerprint density at radius 2 is 1.81 bits per heavy atom. The summed E-state index contributed by atoms with van der Waals surface area (Å²) in [6.45, 7) is 0. The van der Waals surface area contributed by atoms with Gasteiger partial charge in [0.25, 0.3) is 0 Å². The first-order valence-electron chi connectivity index (χ1n) is 7.87. The van der Waals surface area contributed by atoms with Crippen LogP contribution in [0.4, 0.5) is 5.69 Å². The van der Waals surface area contributed by atoms with Crippen molar-refractivity contribution < 1.29 is 19.0 Å². The zero-order valence-electron chi connectivity index (χ0n) is 14.7. The number of amides is 1. The Morgan fingerprint density at radius 3 is 2.46 bits per heavy atom. The summed E-state index contributed by atoms with van der Waals surface area (Å²) < 4.78 is 15.9. The van der Waals surface area contributed by atoms with E-state index in [2.05, 4.69) is 15.5 Å². The third-order valence-electron chi connectivity index (χ3n) is 3.82. The lowest BCUT2D eigenvalue weighted by Gasteiger charge is -2.12. The molecule has 0 aliphatic rings. The van der Waals surface area contributed by atoms with Crippen LogP contribution in [-0.2, 0) is 4.79 Å². The Balaban J connectivity index is 1.77. The van der Waals surface area contributed by atoms with Crippen LogP contribution in [0.25, 0.3) is 17.0 Å². The van der Waals surface area contributed by atoms with Crippen LogP contribution >= 0.6 is 0 Å². The fourth-order valence-electron chi connectivity index (χ4n) is 2.57. The number of aromatic amines is 1. The third kappa shape index (κ3) is 3.61. The van der Waals surface area contributed by atoms with Gasteiger partial charge in [-0.15, -0.1) is 0 Å². The van der Waals surface area contributed by atoms with Crippen LogP contribution in [0.15, 0.2) is 42.6 Å². The van der Waals surface area contributed by atoms with E-state index in [1.807, 2.05) is 18.2 Å². The number of nitrogens with zero attached hydrogens (tertiary/aromatic N) is 1. The highest BCUT2D eigenvalue weighted by molar-refractivity contribution is 6.02. The molecule has 1 aromatic heterocycles. The summed E-state index contributed by atoms with van der Waals surface area (Å²) in [5, 5.41) is 10.6. The molecular weight excluding hydrogens is 334 g/mol. The number of benzene rings is 2. The lowest BCUT2D eigenvalue weighted by molar-refractivity contribution is -0.111. The number of ether oxygens (including phenoxy) is 3. The molecule has 0 bridgehead atoms. The van der Waals surface area contributed by atoms with E-state index in [0.717, 1.165) is 16.5 Å². The first-order chi connectivity index (χ1) is 12.6. The van der Waals surface area contributed by atoms with Gasteiger partial charge in [0.1, 0.15) is 0 Å². The molecule has 1 amide bonds. The molecule has 0 aliphatic carbocycles. The van der Waals surface area contributed by atoms with Crippen LogP contribution in [-0.4, -0.2) is 37.4 Å². The number of aromatic nitrogens is 2. The summed E-state index contributed by atoms with van der Waals surface area (Å²) in [6, 6.07) is 9.07. The Hall–Kier alpha value is -3.48. The number of methoxy groups -OCH3 is 3. The summed E-state index contributed by atoms with van der Waals surface area (Å²) in [5.41, 5.74) is 2.29. The smallest absolute Gasteiger partial charge is 0.248 e. The summed E-state index contributed by atoms with van der Waals surface area (Å²) in [5.74, 6) is 1.30. The molecule has 0 radical (unpaired) electrons. The van der Waals surface area contributed by atoms with E-state index in [0.29, 0.717) is 22.9 Å². The Labute approximate surface area is 150 Å². The molecule has 2 N–H and O–H groups in total. The van der Waals surface area contributed by atoms with Gasteiger partial charge in [-0.1, -0.05) is 0 Å². The van der Waals surface area contributed by atoms with Gasteiger partial charge in [-0.3, -0.25) is 9.89 Å². The Kier molecular flexibility index (Phi) is 5.07. The highest BCUT2D eigenvalue weighted by Crippen LogP contribution is 2.38. The average molecular weight is 353 g/mol. The van der Waals surface area contributed by atoms with Crippen LogP contribution in [0.5, 0.6) is 17.2 Å². The van der Waals surface area contributed by atoms with Crippen LogP contribution < -0.4 is 19.5 Å². The number of rotatable bonds is 6. The van der Waals surface area contributed by atoms with E-state index in [1.165, 1.54) is 6.08 Å². The van der Waals surface area contributed by atoms with E-state index >= 15 is 0 Å². The molecule has 0 unspecified atom stereocenters. The lowest BCUT2D eigenvalue weighted by atomic mass is 10.1. The van der Waals surface area contributed by atoms with Gasteiger partial charge in [0.05, 0.1) is 33.0 Å². The summed E-state index contributed by atoms with van der Waals surface area (Å²) in [6.07, 6.45) is 4.84. The maximum Gasteiger partial charge on any atom is 0.248 e. The topological polar surface area (TPSA) is 85.5 Å². The van der Waals surface area contributed by atoms with E-state index < -0.39 is 0 Å². The highest BCUT2D eigenvalue weighted by atomic mass is 16.5. The zero-order valence-corrected chi connectivity index (χ0v) is 14.7. The molecular formula is C19H19N3O4. The first-order valence-corrected chi connectivity index (χ1v) is 7.87. The SMILES string of the molecule is COc1cc(/C=C/C(=O)Nc2ccc3cn[nH]c3c2)cc(OC)c1OC. The third-order valence-corrected chi connectivity index (χ3v) is 3.82. The largest absolute Gasteiger partial charge is 0.493 e. The number of carbonyl (C=O) groups excluding carboxylic acids is 1. The molecule has 134 valence electrons. The summed E-state index contributed by atoms with van der Waals surface area (Å²) >= 11 is 0. The van der Waals surface area contributed by atoms with Crippen molar-refractivity contribution in [2.45, 2.75) is 0 Å². The van der Waals surface area contributed by atoms with E-state index in [1.54, 1.807) is 45.7 Å². The van der Waals surface area contributed by atoms with E-state index in [-0.39, 0.29) is 5.91 Å². The normalized spacial score (nSPS) is 10.9. The standard InChI is InChI=1S/C19H19N3O4/c1-24-16-8-12(9-17(25-2)19(16)26-3)4-7-18(23)21-14-6-5-13-11-20-22-15(13)10-14/h4-11H,1-3H3,(H,20,22)(H,21,23)/b7-4+. The average Bonchev–Trinajstić information content (AvgIpc) is 3.13. The predicted molar refractivity (Wildman–Crippen MR) is 99.9 cm³/mol. The molecule has 3 aromatic rings. The number of H-pyrrole nitrogens is 1. The lowest BCUT2D eigenvalue weighted by Crippen LogP contribution is -2.07. The van der Waals surface area contributed by atoms with Crippen molar-refractivity contribution in [1.29, 1.82) is 0 Å². The number of anilines is 1. The molecule has 0 spiro atoms. The quantitative estimate of drug-likeness (QED) is 0.665. The minimum Gasteiger partial charge on any atom is -0.493 e. The van der Waals surface area contributed by atoms with Gasteiger partial charge in [0.15, 0.2) is 11.5 Å². The van der Waals surface area contributed by atoms with Gasteiger partial charge in [-0.2, -0.15) is 5.10 Å². The van der Waals surface area contributed by atoms with Crippen molar-refractivity contribution in [3.05, 3.63) is 48.2 Å². The second kappa shape index (κ2) is 7.60. The van der Waals surface area contributed by atoms with Gasteiger partial charge in [0, 0.05) is 17.1 Å². The molecule has 3 rings (SSSR count). The molecule has 2 aromatic carbocycles. The maximum atomic E-state index is 12.2. The van der Waals surface area contributed by atoms with Crippen LogP contribution in [0.2, 0.25) is 0 Å². The maximum absolute atomic E-state index is 12.2. The van der Waals surface area contributed by atoms with Crippen molar-refractivity contribution in [2.75, 3.05) is 26.6 Å². The minimum absolute atomic E-state index is 0.252. The van der Waals surface area contributed by atoms with E-state index in [4.69, 9.17) is 14.2 Å². The van der Waals surface area contributed by atoms with Crippen molar-refractivity contribution in [1.82, 2.24) is 10.2 Å². The molecule has 1 heterocycles. The number of nitrogens with one attached hydrogen (secondary N) is 2. The molecule has 0 saturated heterocycles. The van der Waals surface area contributed by atoms with Gasteiger partial charge in [0.2, 0.25) is 11.7 Å². The number of fused-ring (bicyclic) bond motifs is 1. The number of carbonyl (C=O) groups is 1. The zero-order chi connectivity index (χ0) is 18.5. The Bertz CT molecular complexity index is 937. The van der Waals surface area contributed by atoms with Crippen molar-refractivity contribution in [3.8, 4) is 17.2 Å². The van der Waals surface area contributed by atoms with Crippen LogP contribution in [0.1, 0.15) is 5.56 Å². The monoisotopic (exact) mass is 353 g/mol. The van der Waals surface area contributed by atoms with Crippen LogP contribution in [0.3, 0.4) is 0 Å². The fourth-order valence-corrected chi connectivity index (χ4v) is 2.57. The van der Waals surface area contributed by atoms with Gasteiger partial charge in [-0.05, 0) is 42.0 Å². The molecule has 0 aliphatic heterocycles. The van der Waals surface area contributed by atoms with Gasteiger partial charge >= 0.3 is 0 Å². The second-order valence-electron chi connectivity index (χ2n) is 5.45. The predicted octanol–water partition coefficient (Wildman–Crippen LogP) is 3.24.